The van der Waals surface area contributed by atoms with Crippen molar-refractivity contribution in [1.29, 1.82) is 0 Å². The molecule has 0 saturated heterocycles. The Balaban J connectivity index is 1.28. The topological polar surface area (TPSA) is 71.1 Å². The van der Waals surface area contributed by atoms with Crippen molar-refractivity contribution in [3.8, 4) is 23.0 Å². The Labute approximate surface area is 223 Å². The third-order valence-corrected chi connectivity index (χ3v) is 6.37. The number of para-hydroxylation sites is 2. The van der Waals surface area contributed by atoms with Crippen LogP contribution >= 0.6 is 0 Å². The van der Waals surface area contributed by atoms with Gasteiger partial charge in [-0.1, -0.05) is 0 Å². The molecule has 7 heteroatoms. The second-order valence-corrected chi connectivity index (χ2v) is 9.05. The fourth-order valence-corrected chi connectivity index (χ4v) is 4.19. The van der Waals surface area contributed by atoms with Gasteiger partial charge in [-0.05, 0) is 0 Å². The van der Waals surface area contributed by atoms with Gasteiger partial charge in [0.1, 0.15) is 0 Å². The van der Waals surface area contributed by atoms with Crippen molar-refractivity contribution in [1.82, 2.24) is 0 Å². The van der Waals surface area contributed by atoms with Gasteiger partial charge in [-0.15, -0.1) is 0 Å². The number of hydrogen-bond donors (Lipinski definition) is 0. The van der Waals surface area contributed by atoms with Gasteiger partial charge in [0.2, 0.25) is 0 Å². The predicted molar refractivity (Wildman–Crippen MR) is 141 cm³/mol. The Morgan fingerprint density at radius 2 is 0.919 bits per heavy atom. The minimum absolute atomic E-state index is 0.467. The molecule has 0 fully saturated rings. The quantitative estimate of drug-likeness (QED) is 0.219. The molecule has 2 unspecified atom stereocenters. The van der Waals surface area contributed by atoms with Crippen molar-refractivity contribution in [2.24, 2.45) is 0 Å². The van der Waals surface area contributed by atoms with Crippen molar-refractivity contribution < 1.29 is 26.6 Å². The normalized spacial score (nSPS) is 11.9. The third kappa shape index (κ3) is 7.47. The standard InChI is InChI=1S/2C15H14O3.Al/c2*1-11(15(16)17)12-6-5-9-14(10-12)18-13-7-3-2-4-8-13;/h2*2-11H,1H3,(H,16,17);/q;;+3/p-2. The van der Waals surface area contributed by atoms with Crippen LogP contribution < -0.4 is 9.47 Å². The molecule has 0 aliphatic carbocycles. The van der Waals surface area contributed by atoms with Gasteiger partial charge in [0, 0.05) is 0 Å². The molecule has 0 radical (unpaired) electrons. The first-order valence-corrected chi connectivity index (χ1v) is 12.8. The number of benzene rings is 4. The molecule has 0 N–H and O–H groups in total. The Morgan fingerprint density at radius 1 is 0.541 bits per heavy atom. The van der Waals surface area contributed by atoms with Crippen LogP contribution in [-0.2, 0) is 17.2 Å². The average Bonchev–Trinajstić information content (AvgIpc) is 2.93. The number of carbonyl (C=O) groups is 2. The molecule has 4 aromatic carbocycles. The summed E-state index contributed by atoms with van der Waals surface area (Å²) in [5, 5.41) is 0. The van der Waals surface area contributed by atoms with Crippen molar-refractivity contribution in [2.75, 3.05) is 0 Å². The van der Waals surface area contributed by atoms with E-state index in [-0.39, 0.29) is 0 Å². The summed E-state index contributed by atoms with van der Waals surface area (Å²) in [5.74, 6) is 0.625. The van der Waals surface area contributed by atoms with Crippen LogP contribution in [0.25, 0.3) is 0 Å². The molecule has 37 heavy (non-hydrogen) atoms. The number of hydrogen-bond acceptors (Lipinski definition) is 6. The summed E-state index contributed by atoms with van der Waals surface area (Å²) in [4.78, 5) is 25.2. The Bertz CT molecular complexity index is 1220. The fraction of sp³-hybridized carbons (Fsp3) is 0.133. The summed E-state index contributed by atoms with van der Waals surface area (Å²) in [6.07, 6.45) is 0. The van der Waals surface area contributed by atoms with Crippen LogP contribution in [0.15, 0.2) is 109 Å². The van der Waals surface area contributed by atoms with Gasteiger partial charge in [-0.3, -0.25) is 0 Å². The van der Waals surface area contributed by atoms with E-state index in [9.17, 15) is 9.59 Å². The number of rotatable bonds is 10. The molecular formula is C30H26AlO6+. The molecule has 0 aromatic heterocycles. The van der Waals surface area contributed by atoms with Gasteiger partial charge < -0.3 is 0 Å². The average molecular weight is 510 g/mol. The van der Waals surface area contributed by atoms with E-state index in [2.05, 4.69) is 0 Å². The maximum atomic E-state index is 12.6. The van der Waals surface area contributed by atoms with E-state index in [1.807, 2.05) is 97.1 Å². The van der Waals surface area contributed by atoms with Crippen LogP contribution in [0.3, 0.4) is 0 Å². The number of carbonyl (C=O) groups excluding carboxylic acids is 2. The van der Waals surface area contributed by atoms with E-state index >= 15 is 0 Å². The Hall–Kier alpha value is -4.05. The van der Waals surface area contributed by atoms with E-state index in [0.717, 1.165) is 11.1 Å². The van der Waals surface area contributed by atoms with E-state index in [0.29, 0.717) is 23.0 Å². The zero-order valence-corrected chi connectivity index (χ0v) is 21.7. The second kappa shape index (κ2) is 12.8. The Kier molecular flexibility index (Phi) is 8.99. The van der Waals surface area contributed by atoms with Gasteiger partial charge in [-0.2, -0.15) is 0 Å². The van der Waals surface area contributed by atoms with Crippen LogP contribution in [0.5, 0.6) is 23.0 Å². The molecule has 0 spiro atoms. The second-order valence-electron chi connectivity index (χ2n) is 8.39. The summed E-state index contributed by atoms with van der Waals surface area (Å²) in [6.45, 7) is 3.48. The van der Waals surface area contributed by atoms with Gasteiger partial charge in [0.05, 0.1) is 0 Å². The molecule has 4 aromatic rings. The number of ether oxygens (including phenoxy) is 2. The van der Waals surface area contributed by atoms with Crippen LogP contribution in [0.1, 0.15) is 36.8 Å². The first kappa shape index (κ1) is 26.0. The van der Waals surface area contributed by atoms with Crippen molar-refractivity contribution in [3.63, 3.8) is 0 Å². The predicted octanol–water partition coefficient (Wildman–Crippen LogP) is 6.80. The molecule has 0 aliphatic rings. The van der Waals surface area contributed by atoms with Gasteiger partial charge >= 0.3 is 223 Å². The van der Waals surface area contributed by atoms with Crippen molar-refractivity contribution >= 4 is 27.8 Å². The van der Waals surface area contributed by atoms with Crippen LogP contribution in [0, 0.1) is 0 Å². The summed E-state index contributed by atoms with van der Waals surface area (Å²) in [5.41, 5.74) is 1.49. The van der Waals surface area contributed by atoms with E-state index < -0.39 is 39.7 Å². The van der Waals surface area contributed by atoms with Gasteiger partial charge in [0.25, 0.3) is 0 Å². The molecule has 0 saturated carbocycles. The SMILES string of the molecule is CC(C(=O)[O][Al+][O]C(=O)C(C)c1cccc(Oc2ccccc2)c1)c1cccc(Oc2ccccc2)c1. The molecule has 0 aliphatic heterocycles. The summed E-state index contributed by atoms with van der Waals surface area (Å²) >= 11 is -1.30. The first-order valence-electron chi connectivity index (χ1n) is 11.9. The van der Waals surface area contributed by atoms with Crippen LogP contribution in [-0.4, -0.2) is 27.8 Å². The first-order chi connectivity index (χ1) is 18.0. The molecule has 6 nitrogen and oxygen atoms in total. The fourth-order valence-electron chi connectivity index (χ4n) is 3.54. The third-order valence-electron chi connectivity index (χ3n) is 5.71. The maximum absolute atomic E-state index is 12.6. The van der Waals surface area contributed by atoms with Crippen LogP contribution in [0.2, 0.25) is 0 Å². The molecule has 0 bridgehead atoms. The van der Waals surface area contributed by atoms with Crippen molar-refractivity contribution in [3.05, 3.63) is 120 Å². The van der Waals surface area contributed by atoms with E-state index in [1.54, 1.807) is 26.0 Å². The zero-order valence-electron chi connectivity index (χ0n) is 20.6. The van der Waals surface area contributed by atoms with Gasteiger partial charge in [-0.25, -0.2) is 0 Å². The van der Waals surface area contributed by atoms with Crippen molar-refractivity contribution in [2.45, 2.75) is 25.7 Å². The summed E-state index contributed by atoms with van der Waals surface area (Å²) in [7, 11) is 0. The van der Waals surface area contributed by atoms with Gasteiger partial charge in [0.15, 0.2) is 0 Å². The minimum atomic E-state index is -1.30. The summed E-state index contributed by atoms with van der Waals surface area (Å²) < 4.78 is 22.3. The molecule has 4 rings (SSSR count). The monoisotopic (exact) mass is 509 g/mol. The van der Waals surface area contributed by atoms with E-state index in [4.69, 9.17) is 17.1 Å². The van der Waals surface area contributed by atoms with Crippen LogP contribution in [0.4, 0.5) is 0 Å². The molecule has 0 amide bonds. The van der Waals surface area contributed by atoms with E-state index in [1.165, 1.54) is 0 Å². The molecular weight excluding hydrogens is 483 g/mol. The molecule has 2 atom stereocenters. The molecule has 184 valence electrons. The molecule has 0 heterocycles. The summed E-state index contributed by atoms with van der Waals surface area (Å²) in [6, 6.07) is 33.3. The zero-order chi connectivity index (χ0) is 26.0. The Morgan fingerprint density at radius 3 is 1.32 bits per heavy atom.